The van der Waals surface area contributed by atoms with E-state index in [4.69, 9.17) is 9.47 Å². The van der Waals surface area contributed by atoms with Crippen LogP contribution in [-0.4, -0.2) is 38.1 Å². The lowest BCUT2D eigenvalue weighted by Gasteiger charge is -2.34. The van der Waals surface area contributed by atoms with Crippen molar-refractivity contribution in [3.8, 4) is 0 Å². The van der Waals surface area contributed by atoms with Crippen LogP contribution in [0.3, 0.4) is 0 Å². The maximum atomic E-state index is 13.3. The molecule has 1 aliphatic carbocycles. The highest BCUT2D eigenvalue weighted by atomic mass is 16.5. The third-order valence-electron chi connectivity index (χ3n) is 6.41. The summed E-state index contributed by atoms with van der Waals surface area (Å²) >= 11 is 0. The van der Waals surface area contributed by atoms with Gasteiger partial charge >= 0.3 is 11.9 Å². The standard InChI is InChI=1S/C31H29NO5/c1-36-30(34)26-24(18-21-12-6-3-7-13-21)20-25(19-22-14-8-4-9-15-22)28(27(26)31(35)37-2)32-29(33)23-16-10-5-11-17-23/h3-17,20,25,28H,18-19H2,1-2H3,(H,32,33)/t25-,28+/m0/s1. The minimum Gasteiger partial charge on any atom is -0.466 e. The third-order valence-corrected chi connectivity index (χ3v) is 6.41. The van der Waals surface area contributed by atoms with Crippen molar-refractivity contribution in [1.82, 2.24) is 5.32 Å². The predicted octanol–water partition coefficient (Wildman–Crippen LogP) is 4.47. The maximum absolute atomic E-state index is 13.3. The van der Waals surface area contributed by atoms with Crippen molar-refractivity contribution in [2.24, 2.45) is 5.92 Å². The molecule has 3 aromatic rings. The van der Waals surface area contributed by atoms with E-state index in [9.17, 15) is 14.4 Å². The zero-order valence-electron chi connectivity index (χ0n) is 20.8. The zero-order chi connectivity index (χ0) is 26.2. The van der Waals surface area contributed by atoms with Crippen LogP contribution >= 0.6 is 0 Å². The fraction of sp³-hybridized carbons (Fsp3) is 0.194. The largest absolute Gasteiger partial charge is 0.466 e. The monoisotopic (exact) mass is 495 g/mol. The van der Waals surface area contributed by atoms with Gasteiger partial charge in [-0.05, 0) is 41.7 Å². The van der Waals surface area contributed by atoms with E-state index in [-0.39, 0.29) is 23.0 Å². The predicted molar refractivity (Wildman–Crippen MR) is 141 cm³/mol. The Morgan fingerprint density at radius 3 is 1.84 bits per heavy atom. The molecule has 0 aliphatic heterocycles. The van der Waals surface area contributed by atoms with Gasteiger partial charge in [-0.3, -0.25) is 4.79 Å². The Hall–Kier alpha value is -4.45. The quantitative estimate of drug-likeness (QED) is 0.467. The number of carbonyl (C=O) groups excluding carboxylic acids is 3. The molecular weight excluding hydrogens is 466 g/mol. The summed E-state index contributed by atoms with van der Waals surface area (Å²) in [5.74, 6) is -2.01. The number of methoxy groups -OCH3 is 2. The first-order valence-electron chi connectivity index (χ1n) is 12.1. The summed E-state index contributed by atoms with van der Waals surface area (Å²) in [7, 11) is 2.54. The molecule has 1 aliphatic rings. The first kappa shape index (κ1) is 25.6. The minimum absolute atomic E-state index is 0.0907. The lowest BCUT2D eigenvalue weighted by atomic mass is 9.76. The summed E-state index contributed by atoms with van der Waals surface area (Å²) in [6, 6.07) is 27.5. The molecule has 0 aromatic heterocycles. The molecule has 0 bridgehead atoms. The maximum Gasteiger partial charge on any atom is 0.338 e. The Bertz CT molecular complexity index is 1310. The number of carbonyl (C=O) groups is 3. The van der Waals surface area contributed by atoms with E-state index < -0.39 is 18.0 Å². The molecule has 0 spiro atoms. The van der Waals surface area contributed by atoms with Crippen LogP contribution in [0.1, 0.15) is 21.5 Å². The summed E-state index contributed by atoms with van der Waals surface area (Å²) < 4.78 is 10.3. The van der Waals surface area contributed by atoms with E-state index in [2.05, 4.69) is 5.32 Å². The van der Waals surface area contributed by atoms with Crippen molar-refractivity contribution in [2.45, 2.75) is 18.9 Å². The van der Waals surface area contributed by atoms with Crippen LogP contribution in [0.15, 0.2) is 114 Å². The average Bonchev–Trinajstić information content (AvgIpc) is 2.94. The van der Waals surface area contributed by atoms with Crippen LogP contribution in [0.25, 0.3) is 0 Å². The van der Waals surface area contributed by atoms with E-state index >= 15 is 0 Å². The second-order valence-electron chi connectivity index (χ2n) is 8.80. The zero-order valence-corrected chi connectivity index (χ0v) is 20.8. The van der Waals surface area contributed by atoms with Gasteiger partial charge in [0.15, 0.2) is 0 Å². The molecular formula is C31H29NO5. The molecule has 3 aromatic carbocycles. The van der Waals surface area contributed by atoms with Gasteiger partial charge in [-0.2, -0.15) is 0 Å². The minimum atomic E-state index is -0.811. The van der Waals surface area contributed by atoms with Gasteiger partial charge in [0.2, 0.25) is 0 Å². The lowest BCUT2D eigenvalue weighted by molar-refractivity contribution is -0.139. The van der Waals surface area contributed by atoms with Gasteiger partial charge in [0, 0.05) is 11.5 Å². The van der Waals surface area contributed by atoms with Crippen LogP contribution in [0.5, 0.6) is 0 Å². The molecule has 6 heteroatoms. The van der Waals surface area contributed by atoms with Crippen molar-refractivity contribution in [3.05, 3.63) is 130 Å². The molecule has 1 N–H and O–H groups in total. The second kappa shape index (κ2) is 12.0. The topological polar surface area (TPSA) is 81.7 Å². The van der Waals surface area contributed by atoms with Crippen molar-refractivity contribution in [2.75, 3.05) is 14.2 Å². The van der Waals surface area contributed by atoms with Gasteiger partial charge in [0.25, 0.3) is 5.91 Å². The Morgan fingerprint density at radius 2 is 1.27 bits per heavy atom. The second-order valence-corrected chi connectivity index (χ2v) is 8.80. The molecule has 0 radical (unpaired) electrons. The lowest BCUT2D eigenvalue weighted by Crippen LogP contribution is -2.47. The summed E-state index contributed by atoms with van der Waals surface area (Å²) in [6.07, 6.45) is 2.93. The Balaban J connectivity index is 1.85. The third kappa shape index (κ3) is 6.04. The first-order valence-corrected chi connectivity index (χ1v) is 12.1. The highest BCUT2D eigenvalue weighted by Gasteiger charge is 2.40. The normalized spacial score (nSPS) is 17.0. The number of ether oxygens (including phenoxy) is 2. The summed E-state index contributed by atoms with van der Waals surface area (Å²) in [5, 5.41) is 3.01. The summed E-state index contributed by atoms with van der Waals surface area (Å²) in [5.41, 5.74) is 3.33. The van der Waals surface area contributed by atoms with Crippen LogP contribution in [-0.2, 0) is 31.9 Å². The van der Waals surface area contributed by atoms with Crippen LogP contribution in [0.4, 0.5) is 0 Å². The molecule has 37 heavy (non-hydrogen) atoms. The molecule has 2 atom stereocenters. The molecule has 6 nitrogen and oxygen atoms in total. The van der Waals surface area contributed by atoms with Crippen molar-refractivity contribution >= 4 is 17.8 Å². The van der Waals surface area contributed by atoms with E-state index in [1.54, 1.807) is 24.3 Å². The molecule has 188 valence electrons. The van der Waals surface area contributed by atoms with Crippen LogP contribution in [0.2, 0.25) is 0 Å². The smallest absolute Gasteiger partial charge is 0.338 e. The van der Waals surface area contributed by atoms with E-state index in [1.807, 2.05) is 72.8 Å². The van der Waals surface area contributed by atoms with E-state index in [0.717, 1.165) is 11.1 Å². The highest BCUT2D eigenvalue weighted by molar-refractivity contribution is 6.06. The molecule has 0 saturated heterocycles. The SMILES string of the molecule is COC(=O)C1=C(C(=O)OC)[C@H](NC(=O)c2ccccc2)[C@@H](Cc2ccccc2)C=C1Cc1ccccc1. The summed E-state index contributed by atoms with van der Waals surface area (Å²) in [4.78, 5) is 39.6. The van der Waals surface area contributed by atoms with Crippen LogP contribution < -0.4 is 5.32 Å². The Labute approximate surface area is 216 Å². The number of rotatable bonds is 8. The van der Waals surface area contributed by atoms with Gasteiger partial charge in [0.05, 0.1) is 31.4 Å². The molecule has 0 saturated carbocycles. The fourth-order valence-electron chi connectivity index (χ4n) is 4.68. The average molecular weight is 496 g/mol. The van der Waals surface area contributed by atoms with Crippen molar-refractivity contribution < 1.29 is 23.9 Å². The van der Waals surface area contributed by atoms with Crippen molar-refractivity contribution in [1.29, 1.82) is 0 Å². The molecule has 0 unspecified atom stereocenters. The Kier molecular flexibility index (Phi) is 8.31. The number of benzene rings is 3. The number of nitrogens with one attached hydrogen (secondary N) is 1. The van der Waals surface area contributed by atoms with Crippen molar-refractivity contribution in [3.63, 3.8) is 0 Å². The van der Waals surface area contributed by atoms with E-state index in [0.29, 0.717) is 24.0 Å². The molecule has 1 amide bonds. The fourth-order valence-corrected chi connectivity index (χ4v) is 4.68. The number of amides is 1. The number of hydrogen-bond donors (Lipinski definition) is 1. The van der Waals surface area contributed by atoms with Gasteiger partial charge in [-0.25, -0.2) is 9.59 Å². The number of hydrogen-bond acceptors (Lipinski definition) is 5. The molecule has 0 fully saturated rings. The van der Waals surface area contributed by atoms with Gasteiger partial charge in [0.1, 0.15) is 0 Å². The molecule has 4 rings (SSSR count). The highest BCUT2D eigenvalue weighted by Crippen LogP contribution is 2.35. The van der Waals surface area contributed by atoms with E-state index in [1.165, 1.54) is 14.2 Å². The Morgan fingerprint density at radius 1 is 0.730 bits per heavy atom. The first-order chi connectivity index (χ1) is 18.0. The van der Waals surface area contributed by atoms with Gasteiger partial charge in [-0.1, -0.05) is 84.9 Å². The van der Waals surface area contributed by atoms with Gasteiger partial charge in [-0.15, -0.1) is 0 Å². The molecule has 0 heterocycles. The number of esters is 2. The van der Waals surface area contributed by atoms with Crippen LogP contribution in [0, 0.1) is 5.92 Å². The summed E-state index contributed by atoms with van der Waals surface area (Å²) in [6.45, 7) is 0. The van der Waals surface area contributed by atoms with Gasteiger partial charge < -0.3 is 14.8 Å².